The van der Waals surface area contributed by atoms with Crippen molar-refractivity contribution < 1.29 is 18.1 Å². The molecule has 0 saturated carbocycles. The van der Waals surface area contributed by atoms with E-state index in [1.807, 2.05) is 0 Å². The molecule has 0 unspecified atom stereocenters. The number of nitro groups is 1. The van der Waals surface area contributed by atoms with Crippen molar-refractivity contribution in [1.82, 2.24) is 9.62 Å². The second kappa shape index (κ2) is 8.03. The average molecular weight is 412 g/mol. The molecule has 0 saturated heterocycles. The smallest absolute Gasteiger partial charge is 0.269 e. The molecule has 1 amide bonds. The number of carbonyl (C=O) groups is 1. The van der Waals surface area contributed by atoms with E-state index in [0.29, 0.717) is 5.56 Å². The molecule has 10 heteroatoms. The van der Waals surface area contributed by atoms with E-state index in [1.54, 1.807) is 19.1 Å². The molecule has 144 valence electrons. The highest BCUT2D eigenvalue weighted by atomic mass is 35.5. The molecule has 8 nitrogen and oxygen atoms in total. The summed E-state index contributed by atoms with van der Waals surface area (Å²) in [6.07, 6.45) is 0. The molecule has 2 rings (SSSR count). The number of sulfonamides is 1. The van der Waals surface area contributed by atoms with Gasteiger partial charge in [0.25, 0.3) is 11.6 Å². The van der Waals surface area contributed by atoms with Gasteiger partial charge in [0.15, 0.2) is 0 Å². The fourth-order valence-electron chi connectivity index (χ4n) is 2.45. The maximum absolute atomic E-state index is 12.8. The monoisotopic (exact) mass is 411 g/mol. The number of benzene rings is 2. The van der Waals surface area contributed by atoms with E-state index in [2.05, 4.69) is 4.72 Å². The molecule has 0 radical (unpaired) electrons. The highest BCUT2D eigenvalue weighted by Crippen LogP contribution is 2.27. The number of nitrogens with one attached hydrogen (secondary N) is 1. The first-order valence-corrected chi connectivity index (χ1v) is 9.69. The van der Waals surface area contributed by atoms with Crippen LogP contribution in [-0.2, 0) is 10.0 Å². The van der Waals surface area contributed by atoms with E-state index >= 15 is 0 Å². The number of amides is 1. The summed E-state index contributed by atoms with van der Waals surface area (Å²) in [6.45, 7) is 1.72. The van der Waals surface area contributed by atoms with Crippen LogP contribution in [0.2, 0.25) is 5.02 Å². The number of hydrogen-bond donors (Lipinski definition) is 1. The van der Waals surface area contributed by atoms with Crippen molar-refractivity contribution in [1.29, 1.82) is 0 Å². The van der Waals surface area contributed by atoms with E-state index in [1.165, 1.54) is 49.3 Å². The maximum atomic E-state index is 12.8. The molecule has 0 aromatic heterocycles. The summed E-state index contributed by atoms with van der Waals surface area (Å²) >= 11 is 5.94. The van der Waals surface area contributed by atoms with Crippen molar-refractivity contribution >= 4 is 33.2 Å². The van der Waals surface area contributed by atoms with Crippen LogP contribution in [0.25, 0.3) is 0 Å². The van der Waals surface area contributed by atoms with Gasteiger partial charge in [-0.3, -0.25) is 14.9 Å². The summed E-state index contributed by atoms with van der Waals surface area (Å²) in [5.74, 6) is -0.446. The van der Waals surface area contributed by atoms with Crippen LogP contribution in [0.1, 0.15) is 28.9 Å². The molecule has 0 spiro atoms. The Morgan fingerprint density at radius 3 is 2.52 bits per heavy atom. The lowest BCUT2D eigenvalue weighted by Crippen LogP contribution is -2.30. The average Bonchev–Trinajstić information content (AvgIpc) is 2.66. The minimum Gasteiger partial charge on any atom is -0.335 e. The largest absolute Gasteiger partial charge is 0.335 e. The van der Waals surface area contributed by atoms with Gasteiger partial charge >= 0.3 is 0 Å². The summed E-state index contributed by atoms with van der Waals surface area (Å²) in [7, 11) is -1.04. The molecule has 27 heavy (non-hydrogen) atoms. The molecular formula is C17H18ClN3O5S. The Hall–Kier alpha value is -2.49. The van der Waals surface area contributed by atoms with Gasteiger partial charge in [0.2, 0.25) is 10.0 Å². The Balaban J connectivity index is 2.36. The van der Waals surface area contributed by atoms with Gasteiger partial charge in [0.05, 0.1) is 16.0 Å². The third-order valence-corrected chi connectivity index (χ3v) is 6.10. The van der Waals surface area contributed by atoms with Crippen LogP contribution in [-0.4, -0.2) is 38.2 Å². The number of nitro benzene ring substituents is 1. The van der Waals surface area contributed by atoms with Gasteiger partial charge in [0, 0.05) is 24.7 Å². The molecule has 2 aromatic rings. The molecule has 0 fully saturated rings. The summed E-state index contributed by atoms with van der Waals surface area (Å²) in [4.78, 5) is 24.4. The normalized spacial score (nSPS) is 12.4. The first-order valence-electron chi connectivity index (χ1n) is 7.83. The zero-order valence-electron chi connectivity index (χ0n) is 14.8. The molecule has 0 aliphatic carbocycles. The second-order valence-corrected chi connectivity index (χ2v) is 8.06. The number of nitrogens with zero attached hydrogens (tertiary/aromatic N) is 2. The molecule has 1 N–H and O–H groups in total. The highest BCUT2D eigenvalue weighted by molar-refractivity contribution is 7.89. The lowest BCUT2D eigenvalue weighted by Gasteiger charge is -2.25. The summed E-state index contributed by atoms with van der Waals surface area (Å²) in [5, 5.41) is 10.9. The third-order valence-electron chi connectivity index (χ3n) is 4.20. The van der Waals surface area contributed by atoms with Gasteiger partial charge in [-0.05, 0) is 37.7 Å². The quantitative estimate of drug-likeness (QED) is 0.580. The maximum Gasteiger partial charge on any atom is 0.269 e. The SMILES string of the molecule is CNS(=O)(=O)c1cc(C(=O)N(C)[C@H](C)c2cccc([N+](=O)[O-])c2)ccc1Cl. The van der Waals surface area contributed by atoms with Crippen molar-refractivity contribution in [3.63, 3.8) is 0 Å². The molecule has 0 aliphatic heterocycles. The van der Waals surface area contributed by atoms with Crippen molar-refractivity contribution in [2.24, 2.45) is 0 Å². The number of hydrogen-bond acceptors (Lipinski definition) is 5. The number of carbonyl (C=O) groups excluding carboxylic acids is 1. The topological polar surface area (TPSA) is 110 Å². The minimum atomic E-state index is -3.83. The van der Waals surface area contributed by atoms with Gasteiger partial charge in [-0.2, -0.15) is 0 Å². The molecular weight excluding hydrogens is 394 g/mol. The van der Waals surface area contributed by atoms with Crippen LogP contribution in [0.4, 0.5) is 5.69 Å². The predicted molar refractivity (Wildman–Crippen MR) is 101 cm³/mol. The third kappa shape index (κ3) is 4.44. The van der Waals surface area contributed by atoms with E-state index in [4.69, 9.17) is 11.6 Å². The standard InChI is InChI=1S/C17H18ClN3O5S/c1-11(12-5-4-6-14(9-12)21(23)24)20(3)17(22)13-7-8-15(18)16(10-13)27(25,26)19-2/h4-11,19H,1-3H3/t11-/m1/s1. The lowest BCUT2D eigenvalue weighted by molar-refractivity contribution is -0.384. The van der Waals surface area contributed by atoms with Crippen LogP contribution in [0.15, 0.2) is 47.4 Å². The lowest BCUT2D eigenvalue weighted by atomic mass is 10.1. The Morgan fingerprint density at radius 1 is 1.26 bits per heavy atom. The summed E-state index contributed by atoms with van der Waals surface area (Å²) < 4.78 is 26.2. The Bertz CT molecular complexity index is 994. The summed E-state index contributed by atoms with van der Waals surface area (Å²) in [6, 6.07) is 9.48. The first kappa shape index (κ1) is 20.8. The van der Waals surface area contributed by atoms with E-state index in [0.717, 1.165) is 0 Å². The second-order valence-electron chi connectivity index (χ2n) is 5.80. The van der Waals surface area contributed by atoms with E-state index in [-0.39, 0.29) is 21.2 Å². The van der Waals surface area contributed by atoms with Crippen LogP contribution >= 0.6 is 11.6 Å². The van der Waals surface area contributed by atoms with Crippen molar-refractivity contribution in [2.45, 2.75) is 17.9 Å². The number of halogens is 1. The van der Waals surface area contributed by atoms with Gasteiger partial charge < -0.3 is 4.90 Å². The highest BCUT2D eigenvalue weighted by Gasteiger charge is 2.23. The van der Waals surface area contributed by atoms with E-state index < -0.39 is 26.9 Å². The summed E-state index contributed by atoms with van der Waals surface area (Å²) in [5.41, 5.74) is 0.638. The molecule has 2 aromatic carbocycles. The Morgan fingerprint density at radius 2 is 1.93 bits per heavy atom. The van der Waals surface area contributed by atoms with Crippen molar-refractivity contribution in [2.75, 3.05) is 14.1 Å². The predicted octanol–water partition coefficient (Wildman–Crippen LogP) is 2.99. The molecule has 0 heterocycles. The fraction of sp³-hybridized carbons (Fsp3) is 0.235. The van der Waals surface area contributed by atoms with Gasteiger partial charge in [-0.1, -0.05) is 23.7 Å². The zero-order chi connectivity index (χ0) is 20.4. The number of non-ortho nitro benzene ring substituents is 1. The molecule has 0 aliphatic rings. The fourth-order valence-corrected chi connectivity index (χ4v) is 3.70. The van der Waals surface area contributed by atoms with Gasteiger partial charge in [0.1, 0.15) is 4.90 Å². The van der Waals surface area contributed by atoms with Crippen LogP contribution in [0, 0.1) is 10.1 Å². The van der Waals surface area contributed by atoms with Crippen LogP contribution in [0.5, 0.6) is 0 Å². The zero-order valence-corrected chi connectivity index (χ0v) is 16.4. The first-order chi connectivity index (χ1) is 12.6. The van der Waals surface area contributed by atoms with E-state index in [9.17, 15) is 23.3 Å². The van der Waals surface area contributed by atoms with Gasteiger partial charge in [-0.15, -0.1) is 0 Å². The number of rotatable bonds is 6. The van der Waals surface area contributed by atoms with Crippen LogP contribution in [0.3, 0.4) is 0 Å². The molecule has 1 atom stereocenters. The van der Waals surface area contributed by atoms with Gasteiger partial charge in [-0.25, -0.2) is 13.1 Å². The van der Waals surface area contributed by atoms with Crippen molar-refractivity contribution in [3.8, 4) is 0 Å². The van der Waals surface area contributed by atoms with Crippen LogP contribution < -0.4 is 4.72 Å². The Labute approximate surface area is 162 Å². The Kier molecular flexibility index (Phi) is 6.19. The molecule has 0 bridgehead atoms. The van der Waals surface area contributed by atoms with Crippen molar-refractivity contribution in [3.05, 3.63) is 68.7 Å². The minimum absolute atomic E-state index is 0.00437.